The maximum absolute atomic E-state index is 13.6. The lowest BCUT2D eigenvalue weighted by Crippen LogP contribution is -2.36. The van der Waals surface area contributed by atoms with Gasteiger partial charge in [0.05, 0.1) is 22.7 Å². The van der Waals surface area contributed by atoms with Gasteiger partial charge < -0.3 is 0 Å². The highest BCUT2D eigenvalue weighted by molar-refractivity contribution is 9.10. The number of carbonyl (C=O) groups excluding carboxylic acids is 1. The molecule has 1 N–H and O–H groups in total. The van der Waals surface area contributed by atoms with Crippen LogP contribution in [0.25, 0.3) is 0 Å². The standard InChI is InChI=1S/C16H14BrClFN3O3S/c1-22(26(24,25)12-7-5-11(17)6-8-12)10-16(23)21-20-9-13-14(18)3-2-4-15(13)19/h2-9H,10H2,1H3,(H,21,23)/b20-9-. The molecule has 0 saturated carbocycles. The minimum atomic E-state index is -3.82. The first kappa shape index (κ1) is 20.5. The van der Waals surface area contributed by atoms with Gasteiger partial charge in [-0.25, -0.2) is 18.2 Å². The van der Waals surface area contributed by atoms with Crippen molar-refractivity contribution in [2.24, 2.45) is 5.10 Å². The number of carbonyl (C=O) groups is 1. The van der Waals surface area contributed by atoms with E-state index in [9.17, 15) is 17.6 Å². The Labute approximate surface area is 163 Å². The number of hydrazone groups is 1. The van der Waals surface area contributed by atoms with Crippen LogP contribution in [-0.2, 0) is 14.8 Å². The summed E-state index contributed by atoms with van der Waals surface area (Å²) >= 11 is 9.06. The normalized spacial score (nSPS) is 11.9. The van der Waals surface area contributed by atoms with Crippen molar-refractivity contribution in [2.45, 2.75) is 4.90 Å². The maximum Gasteiger partial charge on any atom is 0.255 e. The summed E-state index contributed by atoms with van der Waals surface area (Å²) in [4.78, 5) is 11.9. The van der Waals surface area contributed by atoms with Crippen LogP contribution in [0.2, 0.25) is 5.02 Å². The van der Waals surface area contributed by atoms with Gasteiger partial charge >= 0.3 is 0 Å². The fraction of sp³-hybridized carbons (Fsp3) is 0.125. The summed E-state index contributed by atoms with van der Waals surface area (Å²) in [6.07, 6.45) is 1.05. The molecule has 2 aromatic rings. The molecule has 0 aliphatic rings. The molecular weight excluding hydrogens is 449 g/mol. The predicted molar refractivity (Wildman–Crippen MR) is 101 cm³/mol. The summed E-state index contributed by atoms with van der Waals surface area (Å²) in [5.74, 6) is -1.28. The van der Waals surface area contributed by atoms with E-state index in [1.54, 1.807) is 12.1 Å². The number of nitrogens with one attached hydrogen (secondary N) is 1. The van der Waals surface area contributed by atoms with Gasteiger partial charge in [0.1, 0.15) is 5.82 Å². The summed E-state index contributed by atoms with van der Waals surface area (Å²) < 4.78 is 40.0. The molecule has 0 heterocycles. The van der Waals surface area contributed by atoms with Gasteiger partial charge in [0.2, 0.25) is 10.0 Å². The van der Waals surface area contributed by atoms with E-state index in [0.717, 1.165) is 15.0 Å². The van der Waals surface area contributed by atoms with Gasteiger partial charge in [-0.05, 0) is 36.4 Å². The zero-order valence-corrected chi connectivity index (χ0v) is 16.6. The average Bonchev–Trinajstić information content (AvgIpc) is 2.58. The molecule has 2 aromatic carbocycles. The highest BCUT2D eigenvalue weighted by atomic mass is 79.9. The number of nitrogens with zero attached hydrogens (tertiary/aromatic N) is 2. The second kappa shape index (κ2) is 8.72. The van der Waals surface area contributed by atoms with Crippen LogP contribution in [0.3, 0.4) is 0 Å². The number of sulfonamides is 1. The molecule has 6 nitrogen and oxygen atoms in total. The Morgan fingerprint density at radius 3 is 2.58 bits per heavy atom. The van der Waals surface area contributed by atoms with Gasteiger partial charge in [-0.3, -0.25) is 4.79 Å². The van der Waals surface area contributed by atoms with Crippen molar-refractivity contribution in [3.05, 3.63) is 63.3 Å². The molecule has 0 aromatic heterocycles. The van der Waals surface area contributed by atoms with E-state index in [-0.39, 0.29) is 15.5 Å². The van der Waals surface area contributed by atoms with E-state index in [4.69, 9.17) is 11.6 Å². The van der Waals surface area contributed by atoms with Crippen molar-refractivity contribution >= 4 is 49.7 Å². The van der Waals surface area contributed by atoms with Crippen LogP contribution in [0.1, 0.15) is 5.56 Å². The maximum atomic E-state index is 13.6. The molecule has 0 saturated heterocycles. The molecule has 26 heavy (non-hydrogen) atoms. The van der Waals surface area contributed by atoms with Crippen LogP contribution in [0.5, 0.6) is 0 Å². The quantitative estimate of drug-likeness (QED) is 0.529. The summed E-state index contributed by atoms with van der Waals surface area (Å²) in [5.41, 5.74) is 2.16. The largest absolute Gasteiger partial charge is 0.272 e. The molecule has 0 spiro atoms. The fourth-order valence-electron chi connectivity index (χ4n) is 1.91. The molecule has 1 amide bonds. The van der Waals surface area contributed by atoms with E-state index in [1.807, 2.05) is 0 Å². The second-order valence-electron chi connectivity index (χ2n) is 5.14. The zero-order valence-electron chi connectivity index (χ0n) is 13.5. The SMILES string of the molecule is CN(CC(=O)N/N=C\c1c(F)cccc1Cl)S(=O)(=O)c1ccc(Br)cc1. The van der Waals surface area contributed by atoms with Gasteiger partial charge in [-0.15, -0.1) is 0 Å². The Hall–Kier alpha value is -1.81. The minimum absolute atomic E-state index is 0.0188. The Kier molecular flexibility index (Phi) is 6.87. The van der Waals surface area contributed by atoms with E-state index in [0.29, 0.717) is 0 Å². The number of likely N-dealkylation sites (N-methyl/N-ethyl adjacent to an activating group) is 1. The first-order chi connectivity index (χ1) is 12.2. The first-order valence-corrected chi connectivity index (χ1v) is 9.80. The van der Waals surface area contributed by atoms with Gasteiger partial charge in [0.15, 0.2) is 0 Å². The smallest absolute Gasteiger partial charge is 0.255 e. The molecule has 0 atom stereocenters. The Morgan fingerprint density at radius 2 is 1.96 bits per heavy atom. The van der Waals surface area contributed by atoms with Crippen molar-refractivity contribution in [3.8, 4) is 0 Å². The number of halogens is 3. The van der Waals surface area contributed by atoms with Crippen molar-refractivity contribution in [3.63, 3.8) is 0 Å². The topological polar surface area (TPSA) is 78.8 Å². The van der Waals surface area contributed by atoms with Gasteiger partial charge in [-0.2, -0.15) is 9.41 Å². The van der Waals surface area contributed by atoms with Crippen LogP contribution in [0.15, 0.2) is 56.9 Å². The van der Waals surface area contributed by atoms with Gasteiger partial charge in [0, 0.05) is 17.1 Å². The van der Waals surface area contributed by atoms with Gasteiger partial charge in [-0.1, -0.05) is 33.6 Å². The molecule has 0 unspecified atom stereocenters. The summed E-state index contributed by atoms with van der Waals surface area (Å²) in [7, 11) is -2.55. The predicted octanol–water partition coefficient (Wildman–Crippen LogP) is 3.01. The summed E-state index contributed by atoms with van der Waals surface area (Å²) in [5, 5.41) is 3.74. The highest BCUT2D eigenvalue weighted by Gasteiger charge is 2.22. The number of hydrogen-bond acceptors (Lipinski definition) is 4. The number of rotatable bonds is 6. The zero-order chi connectivity index (χ0) is 19.3. The number of benzene rings is 2. The van der Waals surface area contributed by atoms with Crippen molar-refractivity contribution in [2.75, 3.05) is 13.6 Å². The highest BCUT2D eigenvalue weighted by Crippen LogP contribution is 2.18. The van der Waals surface area contributed by atoms with Gasteiger partial charge in [0.25, 0.3) is 5.91 Å². The van der Waals surface area contributed by atoms with E-state index in [2.05, 4.69) is 26.5 Å². The molecule has 0 aliphatic heterocycles. The third-order valence-corrected chi connectivity index (χ3v) is 5.95. The van der Waals surface area contributed by atoms with Crippen molar-refractivity contribution < 1.29 is 17.6 Å². The monoisotopic (exact) mass is 461 g/mol. The second-order valence-corrected chi connectivity index (χ2v) is 8.51. The molecule has 2 rings (SSSR count). The van der Waals surface area contributed by atoms with E-state index >= 15 is 0 Å². The summed E-state index contributed by atoms with van der Waals surface area (Å²) in [6.45, 7) is -0.458. The Bertz CT molecular complexity index is 916. The number of hydrogen-bond donors (Lipinski definition) is 1. The first-order valence-electron chi connectivity index (χ1n) is 7.19. The third kappa shape index (κ3) is 5.10. The molecule has 0 bridgehead atoms. The molecule has 0 fully saturated rings. The van der Waals surface area contributed by atoms with Crippen LogP contribution in [-0.4, -0.2) is 38.4 Å². The Balaban J connectivity index is 2.01. The summed E-state index contributed by atoms with van der Waals surface area (Å²) in [6, 6.07) is 10.1. The van der Waals surface area contributed by atoms with Crippen LogP contribution in [0.4, 0.5) is 4.39 Å². The molecule has 0 aliphatic carbocycles. The lowest BCUT2D eigenvalue weighted by molar-refractivity contribution is -0.121. The lowest BCUT2D eigenvalue weighted by Gasteiger charge is -2.16. The molecule has 0 radical (unpaired) electrons. The van der Waals surface area contributed by atoms with E-state index in [1.165, 1.54) is 37.4 Å². The fourth-order valence-corrected chi connectivity index (χ4v) is 3.52. The Morgan fingerprint density at radius 1 is 1.31 bits per heavy atom. The van der Waals surface area contributed by atoms with Crippen molar-refractivity contribution in [1.82, 2.24) is 9.73 Å². The molecular formula is C16H14BrClFN3O3S. The molecule has 138 valence electrons. The third-order valence-electron chi connectivity index (χ3n) is 3.27. The average molecular weight is 463 g/mol. The van der Waals surface area contributed by atoms with E-state index < -0.39 is 28.3 Å². The van der Waals surface area contributed by atoms with Crippen LogP contribution < -0.4 is 5.43 Å². The minimum Gasteiger partial charge on any atom is -0.272 e. The number of amides is 1. The molecule has 10 heteroatoms. The van der Waals surface area contributed by atoms with Crippen LogP contribution >= 0.6 is 27.5 Å². The van der Waals surface area contributed by atoms with Crippen molar-refractivity contribution in [1.29, 1.82) is 0 Å². The van der Waals surface area contributed by atoms with Crippen LogP contribution in [0, 0.1) is 5.82 Å². The lowest BCUT2D eigenvalue weighted by atomic mass is 10.2.